The van der Waals surface area contributed by atoms with Crippen LogP contribution < -0.4 is 5.32 Å². The molecule has 1 aromatic carbocycles. The van der Waals surface area contributed by atoms with Gasteiger partial charge in [-0.25, -0.2) is 18.6 Å². The lowest BCUT2D eigenvalue weighted by atomic mass is 9.93. The lowest BCUT2D eigenvalue weighted by molar-refractivity contribution is -0.101. The number of anilines is 1. The quantitative estimate of drug-likeness (QED) is 0.659. The van der Waals surface area contributed by atoms with Crippen LogP contribution in [-0.4, -0.2) is 56.1 Å². The summed E-state index contributed by atoms with van der Waals surface area (Å²) in [4.78, 5) is 17.4. The predicted molar refractivity (Wildman–Crippen MR) is 106 cm³/mol. The molecular weight excluding hydrogens is 418 g/mol. The molecule has 0 spiro atoms. The number of amides is 1. The van der Waals surface area contributed by atoms with Crippen molar-refractivity contribution in [3.05, 3.63) is 53.6 Å². The van der Waals surface area contributed by atoms with Gasteiger partial charge in [0.1, 0.15) is 12.9 Å². The van der Waals surface area contributed by atoms with Gasteiger partial charge in [-0.2, -0.15) is 0 Å². The molecule has 11 heteroatoms. The molecule has 1 amide bonds. The van der Waals surface area contributed by atoms with Crippen molar-refractivity contribution in [2.45, 2.75) is 19.0 Å². The van der Waals surface area contributed by atoms with E-state index in [0.29, 0.717) is 16.5 Å². The van der Waals surface area contributed by atoms with Gasteiger partial charge in [-0.15, -0.1) is 10.2 Å². The van der Waals surface area contributed by atoms with Gasteiger partial charge in [0, 0.05) is 36.4 Å². The van der Waals surface area contributed by atoms with E-state index in [0.717, 1.165) is 10.5 Å². The maximum Gasteiger partial charge on any atom is 0.410 e. The summed E-state index contributed by atoms with van der Waals surface area (Å²) in [6.45, 7) is -0.511. The standard InChI is InChI=1S/C19H19ClF2N6O2/c20-15-3-1-13(2-4-15)10-30-18(29)27-7-5-14(19(21,22)11-27)9-24-16-17-26-25-12-28(17)8-6-23-16/h1-4,6,8,12,14H,5,7,9-11H2,(H,23,24)/t14-/m1/s1. The maximum absolute atomic E-state index is 14.7. The first-order valence-corrected chi connectivity index (χ1v) is 9.72. The van der Waals surface area contributed by atoms with Gasteiger partial charge in [0.05, 0.1) is 6.54 Å². The number of nitrogens with one attached hydrogen (secondary N) is 1. The Morgan fingerprint density at radius 1 is 1.33 bits per heavy atom. The van der Waals surface area contributed by atoms with Crippen LogP contribution in [-0.2, 0) is 11.3 Å². The van der Waals surface area contributed by atoms with Gasteiger partial charge in [0.25, 0.3) is 5.92 Å². The van der Waals surface area contributed by atoms with Crippen molar-refractivity contribution in [3.8, 4) is 0 Å². The van der Waals surface area contributed by atoms with E-state index in [2.05, 4.69) is 20.5 Å². The smallest absolute Gasteiger partial charge is 0.410 e. The van der Waals surface area contributed by atoms with Gasteiger partial charge in [-0.3, -0.25) is 4.40 Å². The molecule has 0 aliphatic carbocycles. The molecule has 1 N–H and O–H groups in total. The molecule has 158 valence electrons. The summed E-state index contributed by atoms with van der Waals surface area (Å²) in [5.41, 5.74) is 1.19. The largest absolute Gasteiger partial charge is 0.445 e. The van der Waals surface area contributed by atoms with Crippen LogP contribution in [0.2, 0.25) is 5.02 Å². The molecule has 8 nitrogen and oxygen atoms in total. The van der Waals surface area contributed by atoms with Crippen LogP contribution in [0.3, 0.4) is 0 Å². The molecule has 0 bridgehead atoms. The van der Waals surface area contributed by atoms with Crippen molar-refractivity contribution in [1.29, 1.82) is 0 Å². The summed E-state index contributed by atoms with van der Waals surface area (Å²) < 4.78 is 36.2. The number of halogens is 3. The number of likely N-dealkylation sites (tertiary alicyclic amines) is 1. The van der Waals surface area contributed by atoms with Gasteiger partial charge in [0.15, 0.2) is 5.82 Å². The minimum atomic E-state index is -3.07. The summed E-state index contributed by atoms with van der Waals surface area (Å²) in [7, 11) is 0. The second-order valence-corrected chi connectivity index (χ2v) is 7.50. The molecule has 30 heavy (non-hydrogen) atoms. The molecular formula is C19H19ClF2N6O2. The van der Waals surface area contributed by atoms with Crippen molar-refractivity contribution in [2.24, 2.45) is 5.92 Å². The Kier molecular flexibility index (Phi) is 5.67. The SMILES string of the molecule is O=C(OCc1ccc(Cl)cc1)N1CC[C@H](CNc2nccn3cnnc23)C(F)(F)C1. The zero-order valence-electron chi connectivity index (χ0n) is 15.8. The molecule has 1 saturated heterocycles. The van der Waals surface area contributed by atoms with Crippen molar-refractivity contribution in [1.82, 2.24) is 24.5 Å². The minimum absolute atomic E-state index is 0.000194. The van der Waals surface area contributed by atoms with Crippen molar-refractivity contribution < 1.29 is 18.3 Å². The maximum atomic E-state index is 14.7. The molecule has 3 heterocycles. The van der Waals surface area contributed by atoms with Crippen molar-refractivity contribution >= 4 is 29.2 Å². The molecule has 0 saturated carbocycles. The first kappa shape index (κ1) is 20.3. The molecule has 3 aromatic rings. The van der Waals surface area contributed by atoms with Gasteiger partial charge < -0.3 is 15.0 Å². The zero-order valence-corrected chi connectivity index (χ0v) is 16.6. The molecule has 1 aliphatic heterocycles. The summed E-state index contributed by atoms with van der Waals surface area (Å²) in [6, 6.07) is 6.77. The highest BCUT2D eigenvalue weighted by molar-refractivity contribution is 6.30. The van der Waals surface area contributed by atoms with Gasteiger partial charge in [-0.05, 0) is 24.1 Å². The Labute approximate surface area is 175 Å². The van der Waals surface area contributed by atoms with Crippen molar-refractivity contribution in [2.75, 3.05) is 25.0 Å². The second kappa shape index (κ2) is 8.39. The number of piperidine rings is 1. The number of aromatic nitrogens is 4. The van der Waals surface area contributed by atoms with E-state index in [-0.39, 0.29) is 26.1 Å². The number of hydrogen-bond acceptors (Lipinski definition) is 6. The average Bonchev–Trinajstić information content (AvgIpc) is 3.21. The van der Waals surface area contributed by atoms with E-state index in [1.165, 1.54) is 12.5 Å². The van der Waals surface area contributed by atoms with E-state index < -0.39 is 24.5 Å². The number of nitrogens with zero attached hydrogens (tertiary/aromatic N) is 5. The number of ether oxygens (including phenoxy) is 1. The Morgan fingerprint density at radius 2 is 2.13 bits per heavy atom. The highest BCUT2D eigenvalue weighted by Crippen LogP contribution is 2.33. The summed E-state index contributed by atoms with van der Waals surface area (Å²) in [5.74, 6) is -3.64. The monoisotopic (exact) mass is 436 g/mol. The number of fused-ring (bicyclic) bond motifs is 1. The third-order valence-electron chi connectivity index (χ3n) is 5.01. The van der Waals surface area contributed by atoms with E-state index >= 15 is 0 Å². The number of hydrogen-bond donors (Lipinski definition) is 1. The summed E-state index contributed by atoms with van der Waals surface area (Å²) in [6.07, 6.45) is 4.09. The third kappa shape index (κ3) is 4.43. The number of rotatable bonds is 5. The number of alkyl halides is 2. The molecule has 2 aromatic heterocycles. The highest BCUT2D eigenvalue weighted by atomic mass is 35.5. The van der Waals surface area contributed by atoms with Gasteiger partial charge in [0.2, 0.25) is 5.65 Å². The van der Waals surface area contributed by atoms with Gasteiger partial charge >= 0.3 is 6.09 Å². The van der Waals surface area contributed by atoms with E-state index in [4.69, 9.17) is 16.3 Å². The van der Waals surface area contributed by atoms with Crippen LogP contribution >= 0.6 is 11.6 Å². The fraction of sp³-hybridized carbons (Fsp3) is 0.368. The lowest BCUT2D eigenvalue weighted by Gasteiger charge is -2.37. The van der Waals surface area contributed by atoms with Crippen LogP contribution in [0.4, 0.5) is 19.4 Å². The zero-order chi connectivity index (χ0) is 21.1. The Balaban J connectivity index is 1.32. The Hall–Kier alpha value is -3.01. The van der Waals surface area contributed by atoms with Crippen LogP contribution in [0.5, 0.6) is 0 Å². The number of carbonyl (C=O) groups excluding carboxylic acids is 1. The fourth-order valence-electron chi connectivity index (χ4n) is 3.31. The van der Waals surface area contributed by atoms with Crippen molar-refractivity contribution in [3.63, 3.8) is 0 Å². The molecule has 0 unspecified atom stereocenters. The van der Waals surface area contributed by atoms with E-state index in [9.17, 15) is 13.6 Å². The summed E-state index contributed by atoms with van der Waals surface area (Å²) >= 11 is 5.81. The van der Waals surface area contributed by atoms with E-state index in [1.807, 2.05) is 0 Å². The Morgan fingerprint density at radius 3 is 2.90 bits per heavy atom. The molecule has 0 radical (unpaired) electrons. The Bertz CT molecular complexity index is 1030. The fourth-order valence-corrected chi connectivity index (χ4v) is 3.44. The lowest BCUT2D eigenvalue weighted by Crippen LogP contribution is -2.52. The van der Waals surface area contributed by atoms with Crippen LogP contribution in [0.15, 0.2) is 43.0 Å². The van der Waals surface area contributed by atoms with Crippen LogP contribution in [0, 0.1) is 5.92 Å². The van der Waals surface area contributed by atoms with E-state index in [1.54, 1.807) is 34.9 Å². The number of carbonyl (C=O) groups is 1. The second-order valence-electron chi connectivity index (χ2n) is 7.07. The first-order valence-electron chi connectivity index (χ1n) is 9.34. The molecule has 1 atom stereocenters. The topological polar surface area (TPSA) is 84.7 Å². The molecule has 1 fully saturated rings. The first-order chi connectivity index (χ1) is 14.4. The molecule has 4 rings (SSSR count). The number of benzene rings is 1. The predicted octanol–water partition coefficient (Wildman–Crippen LogP) is 3.48. The van der Waals surface area contributed by atoms with Crippen LogP contribution in [0.25, 0.3) is 5.65 Å². The average molecular weight is 437 g/mol. The minimum Gasteiger partial charge on any atom is -0.445 e. The van der Waals surface area contributed by atoms with Crippen LogP contribution in [0.1, 0.15) is 12.0 Å². The third-order valence-corrected chi connectivity index (χ3v) is 5.26. The van der Waals surface area contributed by atoms with Gasteiger partial charge in [-0.1, -0.05) is 23.7 Å². The highest BCUT2D eigenvalue weighted by Gasteiger charge is 2.46. The summed E-state index contributed by atoms with van der Waals surface area (Å²) in [5, 5.41) is 11.2. The normalized spacial score (nSPS) is 18.4. The molecule has 1 aliphatic rings.